The van der Waals surface area contributed by atoms with Gasteiger partial charge in [0.05, 0.1) is 5.39 Å². The quantitative estimate of drug-likeness (QED) is 0.243. The van der Waals surface area contributed by atoms with Gasteiger partial charge in [-0.15, -0.1) is 0 Å². The molecule has 0 unspecified atom stereocenters. The summed E-state index contributed by atoms with van der Waals surface area (Å²) < 4.78 is 6.55. The molecule has 0 saturated heterocycles. The Morgan fingerprint density at radius 3 is 2.03 bits per heavy atom. The maximum atomic E-state index is 6.55. The minimum Gasteiger partial charge on any atom is -0.452 e. The van der Waals surface area contributed by atoms with Crippen LogP contribution in [0.5, 0.6) is 0 Å². The number of hydrogen-bond donors (Lipinski definition) is 0. The fourth-order valence-electron chi connectivity index (χ4n) is 5.62. The van der Waals surface area contributed by atoms with Gasteiger partial charge < -0.3 is 4.42 Å². The molecule has 0 atom stereocenters. The molecular weight excluding hydrogens is 476 g/mol. The van der Waals surface area contributed by atoms with Crippen LogP contribution in [0, 0.1) is 0 Å². The third-order valence-electron chi connectivity index (χ3n) is 7.48. The Labute approximate surface area is 225 Å². The van der Waals surface area contributed by atoms with Gasteiger partial charge >= 0.3 is 0 Å². The first-order valence-electron chi connectivity index (χ1n) is 13.1. The highest BCUT2D eigenvalue weighted by atomic mass is 16.3. The molecule has 182 valence electrons. The van der Waals surface area contributed by atoms with Crippen LogP contribution in [-0.2, 0) is 0 Å². The van der Waals surface area contributed by atoms with E-state index in [1.807, 2.05) is 12.1 Å². The van der Waals surface area contributed by atoms with E-state index in [9.17, 15) is 0 Å². The molecule has 0 aliphatic rings. The van der Waals surface area contributed by atoms with Crippen LogP contribution < -0.4 is 0 Å². The second-order valence-corrected chi connectivity index (χ2v) is 9.81. The molecule has 0 spiro atoms. The number of benzene rings is 6. The van der Waals surface area contributed by atoms with E-state index < -0.39 is 0 Å². The zero-order valence-corrected chi connectivity index (χ0v) is 21.0. The molecule has 0 amide bonds. The van der Waals surface area contributed by atoms with Crippen molar-refractivity contribution in [1.82, 2.24) is 9.97 Å². The van der Waals surface area contributed by atoms with Gasteiger partial charge in [0.2, 0.25) is 0 Å². The zero-order chi connectivity index (χ0) is 25.8. The van der Waals surface area contributed by atoms with Crippen molar-refractivity contribution in [2.75, 3.05) is 0 Å². The molecule has 0 saturated carbocycles. The summed E-state index contributed by atoms with van der Waals surface area (Å²) in [6, 6.07) is 46.2. The molecule has 0 aliphatic heterocycles. The van der Waals surface area contributed by atoms with Crippen LogP contribution in [0.2, 0.25) is 0 Å². The number of furan rings is 1. The van der Waals surface area contributed by atoms with Crippen LogP contribution in [0.25, 0.3) is 77.4 Å². The predicted molar refractivity (Wildman–Crippen MR) is 161 cm³/mol. The van der Waals surface area contributed by atoms with Gasteiger partial charge in [0, 0.05) is 11.1 Å². The number of aromatic nitrogens is 2. The van der Waals surface area contributed by atoms with E-state index in [1.54, 1.807) is 0 Å². The first-order chi connectivity index (χ1) is 19.3. The fraction of sp³-hybridized carbons (Fsp3) is 0. The van der Waals surface area contributed by atoms with Crippen molar-refractivity contribution in [2.24, 2.45) is 0 Å². The van der Waals surface area contributed by atoms with Crippen molar-refractivity contribution in [1.29, 1.82) is 0 Å². The standard InChI is InChI=1S/C36H22N2O/c1-2-10-23(11-3-1)26-15-8-16-27(22-26)33-35-34(32-29-18-7-5-13-25(29)20-21-31(32)39-35)38-36(37-33)30-19-9-14-24-12-4-6-17-28(24)30/h1-22H. The molecule has 0 N–H and O–H groups in total. The summed E-state index contributed by atoms with van der Waals surface area (Å²) in [6.45, 7) is 0. The third-order valence-corrected chi connectivity index (χ3v) is 7.48. The monoisotopic (exact) mass is 498 g/mol. The van der Waals surface area contributed by atoms with Crippen molar-refractivity contribution in [3.8, 4) is 33.8 Å². The van der Waals surface area contributed by atoms with Crippen molar-refractivity contribution in [2.45, 2.75) is 0 Å². The highest BCUT2D eigenvalue weighted by molar-refractivity contribution is 6.19. The van der Waals surface area contributed by atoms with Crippen LogP contribution in [0.15, 0.2) is 138 Å². The molecule has 39 heavy (non-hydrogen) atoms. The summed E-state index contributed by atoms with van der Waals surface area (Å²) in [7, 11) is 0. The molecule has 3 heteroatoms. The van der Waals surface area contributed by atoms with Gasteiger partial charge in [0.15, 0.2) is 11.4 Å². The zero-order valence-electron chi connectivity index (χ0n) is 21.0. The minimum atomic E-state index is 0.690. The molecule has 0 bridgehead atoms. The Hall–Kier alpha value is -5.28. The normalized spacial score (nSPS) is 11.6. The Balaban J connectivity index is 1.48. The first-order valence-corrected chi connectivity index (χ1v) is 13.1. The summed E-state index contributed by atoms with van der Waals surface area (Å²) in [4.78, 5) is 10.4. The number of hydrogen-bond acceptors (Lipinski definition) is 3. The number of rotatable bonds is 3. The van der Waals surface area contributed by atoms with Gasteiger partial charge in [-0.25, -0.2) is 9.97 Å². The van der Waals surface area contributed by atoms with E-state index in [0.29, 0.717) is 11.4 Å². The van der Waals surface area contributed by atoms with Gasteiger partial charge in [-0.1, -0.05) is 121 Å². The lowest BCUT2D eigenvalue weighted by Gasteiger charge is -2.10. The number of nitrogens with zero attached hydrogens (tertiary/aromatic N) is 2. The van der Waals surface area contributed by atoms with Gasteiger partial charge in [-0.3, -0.25) is 0 Å². The van der Waals surface area contributed by atoms with E-state index in [-0.39, 0.29) is 0 Å². The Morgan fingerprint density at radius 1 is 0.487 bits per heavy atom. The molecule has 3 nitrogen and oxygen atoms in total. The van der Waals surface area contributed by atoms with Gasteiger partial charge in [0.1, 0.15) is 16.8 Å². The summed E-state index contributed by atoms with van der Waals surface area (Å²) in [5.41, 5.74) is 7.44. The minimum absolute atomic E-state index is 0.690. The molecule has 8 rings (SSSR count). The smallest absolute Gasteiger partial charge is 0.180 e. The van der Waals surface area contributed by atoms with E-state index in [4.69, 9.17) is 14.4 Å². The van der Waals surface area contributed by atoms with Gasteiger partial charge in [-0.2, -0.15) is 0 Å². The van der Waals surface area contributed by atoms with Gasteiger partial charge in [0.25, 0.3) is 0 Å². The van der Waals surface area contributed by atoms with E-state index in [0.717, 1.165) is 66.0 Å². The summed E-state index contributed by atoms with van der Waals surface area (Å²) in [6.07, 6.45) is 0. The Morgan fingerprint density at radius 2 is 1.15 bits per heavy atom. The summed E-state index contributed by atoms with van der Waals surface area (Å²) in [5, 5.41) is 5.59. The Bertz CT molecular complexity index is 2170. The maximum Gasteiger partial charge on any atom is 0.180 e. The van der Waals surface area contributed by atoms with Crippen LogP contribution in [-0.4, -0.2) is 9.97 Å². The van der Waals surface area contributed by atoms with Crippen LogP contribution in [0.4, 0.5) is 0 Å². The first kappa shape index (κ1) is 21.8. The molecule has 0 radical (unpaired) electrons. The van der Waals surface area contributed by atoms with Crippen LogP contribution >= 0.6 is 0 Å². The van der Waals surface area contributed by atoms with Crippen LogP contribution in [0.3, 0.4) is 0 Å². The SMILES string of the molecule is c1ccc(-c2cccc(-c3nc(-c4cccc5ccccc45)nc4c3oc3ccc5ccccc5c34)c2)cc1. The summed E-state index contributed by atoms with van der Waals surface area (Å²) in [5.74, 6) is 0.690. The highest BCUT2D eigenvalue weighted by Crippen LogP contribution is 2.40. The van der Waals surface area contributed by atoms with E-state index >= 15 is 0 Å². The second kappa shape index (κ2) is 8.64. The fourth-order valence-corrected chi connectivity index (χ4v) is 5.62. The predicted octanol–water partition coefficient (Wildman–Crippen LogP) is 9.68. The average molecular weight is 499 g/mol. The molecule has 2 heterocycles. The molecular formula is C36H22N2O. The average Bonchev–Trinajstić information content (AvgIpc) is 3.40. The molecule has 0 aliphatic carbocycles. The molecule has 2 aromatic heterocycles. The van der Waals surface area contributed by atoms with Crippen molar-refractivity contribution in [3.05, 3.63) is 133 Å². The van der Waals surface area contributed by atoms with Gasteiger partial charge in [-0.05, 0) is 44.8 Å². The highest BCUT2D eigenvalue weighted by Gasteiger charge is 2.20. The second-order valence-electron chi connectivity index (χ2n) is 9.81. The van der Waals surface area contributed by atoms with E-state index in [2.05, 4.69) is 121 Å². The maximum absolute atomic E-state index is 6.55. The lowest BCUT2D eigenvalue weighted by Crippen LogP contribution is -1.95. The van der Waals surface area contributed by atoms with Crippen molar-refractivity contribution >= 4 is 43.6 Å². The van der Waals surface area contributed by atoms with Crippen molar-refractivity contribution in [3.63, 3.8) is 0 Å². The van der Waals surface area contributed by atoms with Crippen LogP contribution in [0.1, 0.15) is 0 Å². The molecule has 0 fully saturated rings. The topological polar surface area (TPSA) is 38.9 Å². The molecule has 8 aromatic rings. The largest absolute Gasteiger partial charge is 0.452 e. The Kier molecular flexibility index (Phi) is 4.82. The third kappa shape index (κ3) is 3.52. The van der Waals surface area contributed by atoms with Crippen molar-refractivity contribution < 1.29 is 4.42 Å². The lowest BCUT2D eigenvalue weighted by molar-refractivity contribution is 0.667. The summed E-state index contributed by atoms with van der Waals surface area (Å²) >= 11 is 0. The number of fused-ring (bicyclic) bond motifs is 6. The lowest BCUT2D eigenvalue weighted by atomic mass is 10.00. The van der Waals surface area contributed by atoms with E-state index in [1.165, 1.54) is 0 Å². The molecule has 6 aromatic carbocycles.